The lowest BCUT2D eigenvalue weighted by molar-refractivity contribution is -0.143. The predicted molar refractivity (Wildman–Crippen MR) is 98.2 cm³/mol. The summed E-state index contributed by atoms with van der Waals surface area (Å²) in [7, 11) is 0. The van der Waals surface area contributed by atoms with Crippen LogP contribution in [0.4, 0.5) is 0 Å². The topological polar surface area (TPSA) is 49.8 Å². The van der Waals surface area contributed by atoms with Crippen LogP contribution in [-0.2, 0) is 9.53 Å². The number of hydrogen-bond acceptors (Lipinski definition) is 2. The molecular weight excluding hydrogens is 412 g/mol. The number of carboxylic acid groups (broad SMARTS) is 1. The molecule has 0 aliphatic carbocycles. The zero-order valence-electron chi connectivity index (χ0n) is 13.7. The minimum Gasteiger partial charge on any atom is -0.479 e. The molecule has 3 unspecified atom stereocenters. The number of alkyl halides is 2. The van der Waals surface area contributed by atoms with Crippen molar-refractivity contribution in [1.29, 1.82) is 0 Å². The number of carboxylic acids is 1. The van der Waals surface area contributed by atoms with Crippen LogP contribution in [0.5, 0.6) is 0 Å². The fourth-order valence-electron chi connectivity index (χ4n) is 2.69. The second-order valence-electron chi connectivity index (χ2n) is 6.44. The summed E-state index contributed by atoms with van der Waals surface area (Å²) in [5.41, 5.74) is -0.918. The van der Waals surface area contributed by atoms with Crippen LogP contribution >= 0.6 is 31.9 Å². The van der Waals surface area contributed by atoms with E-state index in [1.54, 1.807) is 0 Å². The van der Waals surface area contributed by atoms with Crippen molar-refractivity contribution >= 4 is 37.8 Å². The summed E-state index contributed by atoms with van der Waals surface area (Å²) in [5, 5.41) is 9.12. The van der Waals surface area contributed by atoms with Gasteiger partial charge >= 0.3 is 5.97 Å². The van der Waals surface area contributed by atoms with Gasteiger partial charge < -0.3 is 9.84 Å². The molecule has 1 rings (SSSR count). The third-order valence-corrected chi connectivity index (χ3v) is 7.15. The highest BCUT2D eigenvalue weighted by atomic mass is 79.9. The van der Waals surface area contributed by atoms with Gasteiger partial charge in [-0.25, -0.2) is 4.79 Å². The Balaban J connectivity index is 1.99. The average molecular weight is 442 g/mol. The molecule has 0 bridgehead atoms. The standard InChI is InChI=1S/C17H30Br2O3/c1-2-3-4-5-6-7-8-9-10-11-14(18)15(19)12-17(13-22-17)16(20)21/h14-15H,2-13H2,1H3,(H,20,21). The number of rotatable bonds is 14. The minimum atomic E-state index is -0.918. The van der Waals surface area contributed by atoms with Crippen molar-refractivity contribution in [2.45, 2.75) is 92.8 Å². The number of unbranched alkanes of at least 4 members (excludes halogenated alkanes) is 8. The highest BCUT2D eigenvalue weighted by Crippen LogP contribution is 2.37. The van der Waals surface area contributed by atoms with E-state index in [1.165, 1.54) is 57.8 Å². The first kappa shape index (κ1) is 20.4. The van der Waals surface area contributed by atoms with Crippen molar-refractivity contribution in [3.8, 4) is 0 Å². The van der Waals surface area contributed by atoms with Crippen LogP contribution in [-0.4, -0.2) is 32.9 Å². The van der Waals surface area contributed by atoms with E-state index in [-0.39, 0.29) is 4.83 Å². The van der Waals surface area contributed by atoms with Gasteiger partial charge in [-0.2, -0.15) is 0 Å². The lowest BCUT2D eigenvalue weighted by atomic mass is 10.00. The Morgan fingerprint density at radius 3 is 2.00 bits per heavy atom. The molecule has 0 amide bonds. The van der Waals surface area contributed by atoms with Crippen LogP contribution in [0.25, 0.3) is 0 Å². The lowest BCUT2D eigenvalue weighted by Crippen LogP contribution is -2.30. The summed E-state index contributed by atoms with van der Waals surface area (Å²) in [6.45, 7) is 2.60. The molecule has 130 valence electrons. The monoisotopic (exact) mass is 440 g/mol. The summed E-state index contributed by atoms with van der Waals surface area (Å²) in [6.07, 6.45) is 13.6. The highest BCUT2D eigenvalue weighted by Gasteiger charge is 2.54. The lowest BCUT2D eigenvalue weighted by Gasteiger charge is -2.18. The van der Waals surface area contributed by atoms with Crippen LogP contribution in [0.1, 0.15) is 77.6 Å². The Morgan fingerprint density at radius 2 is 1.55 bits per heavy atom. The summed E-state index contributed by atoms with van der Waals surface area (Å²) < 4.78 is 5.13. The first-order valence-corrected chi connectivity index (χ1v) is 10.5. The quantitative estimate of drug-likeness (QED) is 0.214. The van der Waals surface area contributed by atoms with E-state index in [0.717, 1.165) is 6.42 Å². The molecule has 0 spiro atoms. The summed E-state index contributed by atoms with van der Waals surface area (Å²) in [6, 6.07) is 0. The molecule has 1 N–H and O–H groups in total. The van der Waals surface area contributed by atoms with Gasteiger partial charge in [0.2, 0.25) is 0 Å². The molecule has 1 saturated heterocycles. The van der Waals surface area contributed by atoms with Crippen molar-refractivity contribution in [3.63, 3.8) is 0 Å². The van der Waals surface area contributed by atoms with Gasteiger partial charge in [0.05, 0.1) is 6.61 Å². The third kappa shape index (κ3) is 7.78. The molecule has 1 heterocycles. The van der Waals surface area contributed by atoms with Crippen LogP contribution in [0.2, 0.25) is 0 Å². The van der Waals surface area contributed by atoms with E-state index in [1.807, 2.05) is 0 Å². The number of carbonyl (C=O) groups is 1. The van der Waals surface area contributed by atoms with Crippen molar-refractivity contribution in [2.24, 2.45) is 0 Å². The van der Waals surface area contributed by atoms with Crippen molar-refractivity contribution in [3.05, 3.63) is 0 Å². The second kappa shape index (κ2) is 11.0. The van der Waals surface area contributed by atoms with Crippen molar-refractivity contribution in [1.82, 2.24) is 0 Å². The molecular formula is C17H30Br2O3. The summed E-state index contributed by atoms with van der Waals surface area (Å²) in [4.78, 5) is 11.6. The van der Waals surface area contributed by atoms with Gasteiger partial charge in [0.1, 0.15) is 0 Å². The Morgan fingerprint density at radius 1 is 1.05 bits per heavy atom. The van der Waals surface area contributed by atoms with E-state index in [9.17, 15) is 4.79 Å². The van der Waals surface area contributed by atoms with Crippen LogP contribution in [0.15, 0.2) is 0 Å². The van der Waals surface area contributed by atoms with Gasteiger partial charge in [0.25, 0.3) is 0 Å². The molecule has 1 aliphatic rings. The molecule has 0 aromatic carbocycles. The van der Waals surface area contributed by atoms with E-state index in [4.69, 9.17) is 9.84 Å². The van der Waals surface area contributed by atoms with E-state index in [0.29, 0.717) is 17.9 Å². The van der Waals surface area contributed by atoms with Crippen LogP contribution in [0.3, 0.4) is 0 Å². The van der Waals surface area contributed by atoms with Gasteiger partial charge in [-0.05, 0) is 6.42 Å². The van der Waals surface area contributed by atoms with E-state index >= 15 is 0 Å². The van der Waals surface area contributed by atoms with Crippen molar-refractivity contribution in [2.75, 3.05) is 6.61 Å². The smallest absolute Gasteiger partial charge is 0.338 e. The fourth-order valence-corrected chi connectivity index (χ4v) is 3.99. The SMILES string of the molecule is CCCCCCCCCCCC(Br)C(Br)CC1(C(=O)O)CO1. The van der Waals surface area contributed by atoms with Gasteiger partial charge in [0, 0.05) is 16.1 Å². The third-order valence-electron chi connectivity index (χ3n) is 4.38. The molecule has 0 saturated carbocycles. The van der Waals surface area contributed by atoms with Crippen molar-refractivity contribution < 1.29 is 14.6 Å². The molecule has 5 heteroatoms. The second-order valence-corrected chi connectivity index (χ2v) is 8.79. The Bertz CT molecular complexity index is 319. The largest absolute Gasteiger partial charge is 0.479 e. The zero-order valence-corrected chi connectivity index (χ0v) is 16.8. The molecule has 22 heavy (non-hydrogen) atoms. The first-order chi connectivity index (χ1) is 10.5. The highest BCUT2D eigenvalue weighted by molar-refractivity contribution is 9.12. The Hall–Kier alpha value is 0.390. The van der Waals surface area contributed by atoms with Crippen LogP contribution < -0.4 is 0 Å². The summed E-state index contributed by atoms with van der Waals surface area (Å²) >= 11 is 7.30. The maximum absolute atomic E-state index is 11.1. The Labute approximate surface area is 151 Å². The normalized spacial score (nSPS) is 23.2. The van der Waals surface area contributed by atoms with E-state index in [2.05, 4.69) is 38.8 Å². The molecule has 1 fully saturated rings. The van der Waals surface area contributed by atoms with Gasteiger partial charge in [-0.3, -0.25) is 0 Å². The summed E-state index contributed by atoms with van der Waals surface area (Å²) in [5.74, 6) is -0.834. The number of ether oxygens (including phenoxy) is 1. The zero-order chi connectivity index (χ0) is 16.4. The molecule has 0 aromatic heterocycles. The number of hydrogen-bond donors (Lipinski definition) is 1. The van der Waals surface area contributed by atoms with Crippen LogP contribution in [0, 0.1) is 0 Å². The fraction of sp³-hybridized carbons (Fsp3) is 0.941. The molecule has 3 atom stereocenters. The maximum atomic E-state index is 11.1. The van der Waals surface area contributed by atoms with Gasteiger partial charge in [-0.15, -0.1) is 0 Å². The van der Waals surface area contributed by atoms with Gasteiger partial charge in [-0.1, -0.05) is 96.6 Å². The molecule has 3 nitrogen and oxygen atoms in total. The average Bonchev–Trinajstić information content (AvgIpc) is 3.26. The predicted octanol–water partition coefficient (Wildman–Crippen LogP) is 5.68. The molecule has 1 aliphatic heterocycles. The van der Waals surface area contributed by atoms with E-state index < -0.39 is 11.6 Å². The molecule has 0 aromatic rings. The number of halogens is 2. The number of epoxide rings is 1. The number of aliphatic carboxylic acids is 1. The molecule has 0 radical (unpaired) electrons. The minimum absolute atomic E-state index is 0.153. The van der Waals surface area contributed by atoms with Gasteiger partial charge in [0.15, 0.2) is 5.60 Å². The Kier molecular flexibility index (Phi) is 10.2. The first-order valence-electron chi connectivity index (χ1n) is 8.67. The maximum Gasteiger partial charge on any atom is 0.338 e.